The van der Waals surface area contributed by atoms with E-state index < -0.39 is 57.7 Å². The fourth-order valence-corrected chi connectivity index (χ4v) is 5.60. The van der Waals surface area contributed by atoms with Crippen LogP contribution in [0.5, 0.6) is 5.75 Å². The van der Waals surface area contributed by atoms with Gasteiger partial charge < -0.3 is 41.0 Å². The molecule has 3 unspecified atom stereocenters. The van der Waals surface area contributed by atoms with Crippen molar-refractivity contribution in [1.82, 2.24) is 0 Å². The van der Waals surface area contributed by atoms with Gasteiger partial charge in [0.05, 0.1) is 11.5 Å². The highest BCUT2D eigenvalue weighted by molar-refractivity contribution is 6.21. The molecule has 32 heavy (non-hydrogen) atoms. The fraction of sp³-hybridized carbons (Fsp3) is 0.381. The molecule has 1 saturated heterocycles. The number of oxime groups is 1. The molecule has 4 aliphatic rings. The molecule has 1 aliphatic heterocycles. The maximum Gasteiger partial charge on any atom is 0.254 e. The summed E-state index contributed by atoms with van der Waals surface area (Å²) in [6, 6.07) is 3.10. The number of carbonyl (C=O) groups excluding carboxylic acids is 2. The molecule has 11 heteroatoms. The summed E-state index contributed by atoms with van der Waals surface area (Å²) in [5.74, 6) is -7.81. The predicted octanol–water partition coefficient (Wildman–Crippen LogP) is 0.0874. The Labute approximate surface area is 181 Å². The number of benzene rings is 1. The standard InChI is InChI=1S/C21H21N3O8/c1-24(2)10-3-4-11(25)13-8(10)5-7-6-9-15(23-31)17(27)14(19(22)29)21(30)20(9,32-21)18(28)12(7)16(13)26/h3-4,7,9,25-27,30-31H,5-6H2,1-2H3,(H2,22,29)/b23-15-/t7?,9?,20-,21?/m0/s1. The first-order valence-corrected chi connectivity index (χ1v) is 9.90. The Morgan fingerprint density at radius 1 is 1.25 bits per heavy atom. The van der Waals surface area contributed by atoms with Crippen LogP contribution < -0.4 is 10.6 Å². The first-order valence-electron chi connectivity index (χ1n) is 9.90. The molecule has 1 spiro atoms. The summed E-state index contributed by atoms with van der Waals surface area (Å²) in [5, 5.41) is 55.6. The highest BCUT2D eigenvalue weighted by atomic mass is 16.8. The number of phenols is 1. The maximum atomic E-state index is 13.7. The zero-order valence-electron chi connectivity index (χ0n) is 17.2. The normalized spacial score (nSPS) is 34.0. The molecule has 1 aromatic carbocycles. The number of ketones is 1. The Balaban J connectivity index is 1.74. The molecular formula is C21H21N3O8. The molecule has 4 atom stereocenters. The van der Waals surface area contributed by atoms with Crippen molar-refractivity contribution >= 4 is 28.8 Å². The molecule has 1 saturated carbocycles. The van der Waals surface area contributed by atoms with E-state index in [1.807, 2.05) is 0 Å². The lowest BCUT2D eigenvalue weighted by Crippen LogP contribution is -2.56. The van der Waals surface area contributed by atoms with Crippen LogP contribution in [-0.2, 0) is 20.7 Å². The van der Waals surface area contributed by atoms with Crippen LogP contribution in [0.3, 0.4) is 0 Å². The molecule has 1 amide bonds. The van der Waals surface area contributed by atoms with Gasteiger partial charge >= 0.3 is 0 Å². The lowest BCUT2D eigenvalue weighted by atomic mass is 9.59. The summed E-state index contributed by atoms with van der Waals surface area (Å²) in [5.41, 5.74) is 3.39. The van der Waals surface area contributed by atoms with E-state index in [9.17, 15) is 35.2 Å². The number of primary amides is 1. The Hall–Kier alpha value is -3.57. The third-order valence-corrected chi connectivity index (χ3v) is 6.96. The van der Waals surface area contributed by atoms with Gasteiger partial charge in [0.2, 0.25) is 17.2 Å². The number of amides is 1. The maximum absolute atomic E-state index is 13.7. The Morgan fingerprint density at radius 2 is 1.94 bits per heavy atom. The second-order valence-corrected chi connectivity index (χ2v) is 8.69. The van der Waals surface area contributed by atoms with E-state index in [0.29, 0.717) is 5.56 Å². The number of allylic oxidation sites excluding steroid dienone is 1. The van der Waals surface area contributed by atoms with Gasteiger partial charge in [-0.1, -0.05) is 5.16 Å². The third-order valence-electron chi connectivity index (χ3n) is 6.96. The van der Waals surface area contributed by atoms with Crippen molar-refractivity contribution < 1.29 is 40.0 Å². The molecular weight excluding hydrogens is 422 g/mol. The molecule has 1 aromatic rings. The summed E-state index contributed by atoms with van der Waals surface area (Å²) in [7, 11) is 3.60. The van der Waals surface area contributed by atoms with Gasteiger partial charge in [-0.25, -0.2) is 0 Å². The van der Waals surface area contributed by atoms with E-state index in [1.54, 1.807) is 25.1 Å². The molecule has 0 bridgehead atoms. The third kappa shape index (κ3) is 2.09. The van der Waals surface area contributed by atoms with Crippen molar-refractivity contribution in [2.75, 3.05) is 19.0 Å². The predicted molar refractivity (Wildman–Crippen MR) is 109 cm³/mol. The van der Waals surface area contributed by atoms with Crippen molar-refractivity contribution in [1.29, 1.82) is 0 Å². The van der Waals surface area contributed by atoms with Crippen LogP contribution in [0.15, 0.2) is 34.2 Å². The lowest BCUT2D eigenvalue weighted by molar-refractivity contribution is -0.124. The Kier molecular flexibility index (Phi) is 3.82. The van der Waals surface area contributed by atoms with Crippen LogP contribution in [-0.4, -0.2) is 68.5 Å². The average Bonchev–Trinajstić information content (AvgIpc) is 3.33. The second-order valence-electron chi connectivity index (χ2n) is 8.69. The second kappa shape index (κ2) is 6.02. The summed E-state index contributed by atoms with van der Waals surface area (Å²) < 4.78 is 5.40. The number of nitrogens with zero attached hydrogens (tertiary/aromatic N) is 2. The zero-order valence-corrected chi connectivity index (χ0v) is 17.2. The molecule has 2 fully saturated rings. The van der Waals surface area contributed by atoms with E-state index in [2.05, 4.69) is 5.16 Å². The van der Waals surface area contributed by atoms with E-state index in [-0.39, 0.29) is 29.7 Å². The number of aromatic hydroxyl groups is 1. The summed E-state index contributed by atoms with van der Waals surface area (Å²) in [4.78, 5) is 27.4. The van der Waals surface area contributed by atoms with Crippen molar-refractivity contribution in [2.24, 2.45) is 22.7 Å². The molecule has 1 heterocycles. The van der Waals surface area contributed by atoms with Gasteiger partial charge in [-0.3, -0.25) is 9.59 Å². The number of fused-ring (bicyclic) bond motifs is 2. The molecule has 7 N–H and O–H groups in total. The SMILES string of the molecule is CN(C)c1ccc(O)c2c1CC1CC3/C(=N/O)C(O)=C(C(N)=O)C4(O)O[C@]34C(=O)C1=C2O. The number of hydrogen-bond donors (Lipinski definition) is 6. The molecule has 3 aliphatic carbocycles. The zero-order chi connectivity index (χ0) is 23.3. The van der Waals surface area contributed by atoms with Crippen LogP contribution in [0.25, 0.3) is 5.76 Å². The number of Topliss-reactive ketones (excluding diaryl/α,β-unsaturated/α-hetero) is 1. The topological polar surface area (TPSA) is 189 Å². The van der Waals surface area contributed by atoms with E-state index >= 15 is 0 Å². The largest absolute Gasteiger partial charge is 0.507 e. The summed E-state index contributed by atoms with van der Waals surface area (Å²) in [6.07, 6.45) is 0.296. The Bertz CT molecular complexity index is 1220. The van der Waals surface area contributed by atoms with E-state index in [0.717, 1.165) is 5.69 Å². The minimum Gasteiger partial charge on any atom is -0.507 e. The first kappa shape index (κ1) is 20.3. The number of rotatable bonds is 2. The van der Waals surface area contributed by atoms with Crippen molar-refractivity contribution in [3.05, 3.63) is 40.2 Å². The minimum atomic E-state index is -2.52. The number of phenolic OH excluding ortho intramolecular Hbond substituents is 1. The van der Waals surface area contributed by atoms with Crippen molar-refractivity contribution in [3.8, 4) is 5.75 Å². The number of epoxide rings is 1. The van der Waals surface area contributed by atoms with Gasteiger partial charge in [0.1, 0.15) is 22.8 Å². The van der Waals surface area contributed by atoms with Crippen LogP contribution in [0.4, 0.5) is 5.69 Å². The van der Waals surface area contributed by atoms with Crippen LogP contribution in [0.2, 0.25) is 0 Å². The first-order chi connectivity index (χ1) is 15.0. The lowest BCUT2D eigenvalue weighted by Gasteiger charge is -2.41. The number of carbonyl (C=O) groups is 2. The van der Waals surface area contributed by atoms with Crippen molar-refractivity contribution in [2.45, 2.75) is 24.2 Å². The Morgan fingerprint density at radius 3 is 2.53 bits per heavy atom. The number of aliphatic hydroxyl groups is 3. The minimum absolute atomic E-state index is 0.0465. The van der Waals surface area contributed by atoms with Crippen LogP contribution in [0.1, 0.15) is 17.5 Å². The quantitative estimate of drug-likeness (QED) is 0.209. The van der Waals surface area contributed by atoms with Crippen LogP contribution >= 0.6 is 0 Å². The van der Waals surface area contributed by atoms with Gasteiger partial charge in [0.25, 0.3) is 5.91 Å². The van der Waals surface area contributed by atoms with E-state index in [1.165, 1.54) is 6.07 Å². The summed E-state index contributed by atoms with van der Waals surface area (Å²) >= 11 is 0. The average molecular weight is 443 g/mol. The van der Waals surface area contributed by atoms with Crippen molar-refractivity contribution in [3.63, 3.8) is 0 Å². The molecule has 5 rings (SSSR count). The van der Waals surface area contributed by atoms with Gasteiger partial charge in [0, 0.05) is 25.4 Å². The summed E-state index contributed by atoms with van der Waals surface area (Å²) in [6.45, 7) is 0. The number of anilines is 1. The number of hydrogen-bond acceptors (Lipinski definition) is 10. The van der Waals surface area contributed by atoms with Gasteiger partial charge in [-0.15, -0.1) is 0 Å². The molecule has 0 aromatic heterocycles. The van der Waals surface area contributed by atoms with Gasteiger partial charge in [-0.05, 0) is 36.5 Å². The van der Waals surface area contributed by atoms with Gasteiger partial charge in [-0.2, -0.15) is 0 Å². The highest BCUT2D eigenvalue weighted by Gasteiger charge is 2.85. The molecule has 0 radical (unpaired) electrons. The monoisotopic (exact) mass is 443 g/mol. The molecule has 11 nitrogen and oxygen atoms in total. The number of ether oxygens (including phenoxy) is 1. The van der Waals surface area contributed by atoms with Crippen LogP contribution in [0, 0.1) is 11.8 Å². The van der Waals surface area contributed by atoms with Gasteiger partial charge in [0.15, 0.2) is 5.76 Å². The fourth-order valence-electron chi connectivity index (χ4n) is 5.60. The number of aliphatic hydroxyl groups excluding tert-OH is 2. The van der Waals surface area contributed by atoms with E-state index in [4.69, 9.17) is 10.5 Å². The smallest absolute Gasteiger partial charge is 0.254 e. The number of nitrogens with two attached hydrogens (primary N) is 1. The molecule has 168 valence electrons. The highest BCUT2D eigenvalue weighted by Crippen LogP contribution is 2.66.